The summed E-state index contributed by atoms with van der Waals surface area (Å²) in [6.07, 6.45) is 1.49. The van der Waals surface area contributed by atoms with E-state index in [1.165, 1.54) is 0 Å². The minimum absolute atomic E-state index is 0.00833. The number of halogens is 3. The number of alkyl halides is 3. The highest BCUT2D eigenvalue weighted by molar-refractivity contribution is 5.93. The molecule has 23 heavy (non-hydrogen) atoms. The number of hydrogen-bond acceptors (Lipinski definition) is 3. The van der Waals surface area contributed by atoms with E-state index in [0.717, 1.165) is 32.1 Å². The molecule has 0 aromatic rings. The molecule has 1 heterocycles. The highest BCUT2D eigenvalue weighted by Gasteiger charge is 2.68. The van der Waals surface area contributed by atoms with Gasteiger partial charge in [-0.3, -0.25) is 4.79 Å². The molecule has 0 spiro atoms. The average molecular weight is 334 g/mol. The number of hydrazone groups is 1. The molecule has 0 aromatic carbocycles. The van der Waals surface area contributed by atoms with Crippen LogP contribution in [-0.4, -0.2) is 33.6 Å². The Hall–Kier alpha value is -1.11. The smallest absolute Gasteiger partial charge is 0.362 e. The standard InChI is InChI=1S/C16H25F3N2O2/c1-2-3-4-5-6-11-14(22)21-15(23,16(17,18)19)12-9-7-8-10-13(12)20-21/h12,23H,2-11H2,1H3/t12-,15+/m0/s1. The Bertz CT molecular complexity index is 465. The van der Waals surface area contributed by atoms with Gasteiger partial charge in [0, 0.05) is 12.1 Å². The van der Waals surface area contributed by atoms with Crippen LogP contribution in [0.2, 0.25) is 0 Å². The number of nitrogens with zero attached hydrogens (tertiary/aromatic N) is 2. The van der Waals surface area contributed by atoms with Gasteiger partial charge in [-0.1, -0.05) is 39.0 Å². The molecule has 0 bridgehead atoms. The predicted molar refractivity (Wildman–Crippen MR) is 80.6 cm³/mol. The lowest BCUT2D eigenvalue weighted by molar-refractivity contribution is -0.317. The fourth-order valence-corrected chi connectivity index (χ4v) is 3.45. The molecule has 2 atom stereocenters. The molecule has 7 heteroatoms. The zero-order valence-corrected chi connectivity index (χ0v) is 13.5. The Balaban J connectivity index is 2.08. The second kappa shape index (κ2) is 7.20. The van der Waals surface area contributed by atoms with Crippen LogP contribution in [0, 0.1) is 5.92 Å². The van der Waals surface area contributed by atoms with Crippen LogP contribution >= 0.6 is 0 Å². The Morgan fingerprint density at radius 3 is 2.65 bits per heavy atom. The molecule has 0 radical (unpaired) electrons. The summed E-state index contributed by atoms with van der Waals surface area (Å²) in [5.41, 5.74) is -2.85. The summed E-state index contributed by atoms with van der Waals surface area (Å²) in [6.45, 7) is 2.07. The van der Waals surface area contributed by atoms with Crippen LogP contribution in [-0.2, 0) is 4.79 Å². The van der Waals surface area contributed by atoms with Crippen LogP contribution in [0.15, 0.2) is 5.10 Å². The zero-order chi connectivity index (χ0) is 17.1. The molecule has 1 saturated carbocycles. The van der Waals surface area contributed by atoms with Gasteiger partial charge >= 0.3 is 6.18 Å². The first-order valence-corrected chi connectivity index (χ1v) is 8.52. The lowest BCUT2D eigenvalue weighted by atomic mass is 9.80. The van der Waals surface area contributed by atoms with Gasteiger partial charge in [0.15, 0.2) is 0 Å². The minimum atomic E-state index is -4.90. The van der Waals surface area contributed by atoms with Gasteiger partial charge in [0.25, 0.3) is 5.72 Å². The highest BCUT2D eigenvalue weighted by Crippen LogP contribution is 2.48. The van der Waals surface area contributed by atoms with Crippen molar-refractivity contribution in [3.8, 4) is 0 Å². The van der Waals surface area contributed by atoms with Crippen molar-refractivity contribution in [2.75, 3.05) is 0 Å². The quantitative estimate of drug-likeness (QED) is 0.747. The van der Waals surface area contributed by atoms with Crippen molar-refractivity contribution < 1.29 is 23.1 Å². The fourth-order valence-electron chi connectivity index (χ4n) is 3.45. The van der Waals surface area contributed by atoms with Gasteiger partial charge in [-0.05, 0) is 25.7 Å². The summed E-state index contributed by atoms with van der Waals surface area (Å²) in [7, 11) is 0. The summed E-state index contributed by atoms with van der Waals surface area (Å²) in [6, 6.07) is 0. The van der Waals surface area contributed by atoms with Crippen LogP contribution in [0.1, 0.15) is 71.1 Å². The summed E-state index contributed by atoms with van der Waals surface area (Å²) in [5, 5.41) is 14.6. The van der Waals surface area contributed by atoms with Crippen LogP contribution < -0.4 is 0 Å². The molecular weight excluding hydrogens is 309 g/mol. The minimum Gasteiger partial charge on any atom is -0.362 e. The van der Waals surface area contributed by atoms with Gasteiger partial charge in [-0.25, -0.2) is 0 Å². The molecular formula is C16H25F3N2O2. The summed E-state index contributed by atoms with van der Waals surface area (Å²) < 4.78 is 40.5. The number of carbonyl (C=O) groups is 1. The first kappa shape index (κ1) is 18.2. The molecule has 0 aromatic heterocycles. The summed E-state index contributed by atoms with van der Waals surface area (Å²) in [5.74, 6) is -1.84. The third-order valence-corrected chi connectivity index (χ3v) is 4.76. The van der Waals surface area contributed by atoms with E-state index in [-0.39, 0.29) is 12.8 Å². The number of fused-ring (bicyclic) bond motifs is 1. The topological polar surface area (TPSA) is 52.9 Å². The first-order valence-electron chi connectivity index (χ1n) is 8.52. The van der Waals surface area contributed by atoms with Gasteiger partial charge in [-0.2, -0.15) is 23.3 Å². The van der Waals surface area contributed by atoms with Crippen molar-refractivity contribution >= 4 is 11.6 Å². The first-order chi connectivity index (χ1) is 10.8. The number of unbranched alkanes of at least 4 members (excludes halogenated alkanes) is 4. The normalized spacial score (nSPS) is 27.8. The molecule has 1 amide bonds. The number of aliphatic hydroxyl groups is 1. The van der Waals surface area contributed by atoms with E-state index in [1.807, 2.05) is 0 Å². The van der Waals surface area contributed by atoms with Gasteiger partial charge in [0.1, 0.15) is 0 Å². The Kier molecular flexibility index (Phi) is 5.70. The Morgan fingerprint density at radius 1 is 1.30 bits per heavy atom. The monoisotopic (exact) mass is 334 g/mol. The SMILES string of the molecule is CCCCCCCC(=O)N1N=C2CCCC[C@@H]2[C@@]1(O)C(F)(F)F. The molecule has 4 nitrogen and oxygen atoms in total. The van der Waals surface area contributed by atoms with Gasteiger partial charge in [0.2, 0.25) is 5.91 Å². The lowest BCUT2D eigenvalue weighted by Crippen LogP contribution is -2.61. The van der Waals surface area contributed by atoms with E-state index >= 15 is 0 Å². The van der Waals surface area contributed by atoms with E-state index in [4.69, 9.17) is 0 Å². The van der Waals surface area contributed by atoms with Crippen molar-refractivity contribution in [1.29, 1.82) is 0 Å². The van der Waals surface area contributed by atoms with Crippen LogP contribution in [0.3, 0.4) is 0 Å². The second-order valence-electron chi connectivity index (χ2n) is 6.48. The van der Waals surface area contributed by atoms with Crippen molar-refractivity contribution in [3.63, 3.8) is 0 Å². The van der Waals surface area contributed by atoms with E-state index in [9.17, 15) is 23.1 Å². The van der Waals surface area contributed by atoms with Crippen LogP contribution in [0.25, 0.3) is 0 Å². The molecule has 0 unspecified atom stereocenters. The van der Waals surface area contributed by atoms with Crippen molar-refractivity contribution in [1.82, 2.24) is 5.01 Å². The molecule has 2 aliphatic rings. The van der Waals surface area contributed by atoms with Crippen molar-refractivity contribution in [3.05, 3.63) is 0 Å². The predicted octanol–water partition coefficient (Wildman–Crippen LogP) is 3.99. The van der Waals surface area contributed by atoms with Gasteiger partial charge in [-0.15, -0.1) is 0 Å². The van der Waals surface area contributed by atoms with Crippen LogP contribution in [0.5, 0.6) is 0 Å². The van der Waals surface area contributed by atoms with E-state index in [2.05, 4.69) is 12.0 Å². The van der Waals surface area contributed by atoms with Crippen molar-refractivity contribution in [2.45, 2.75) is 83.0 Å². The maximum atomic E-state index is 13.5. The maximum absolute atomic E-state index is 13.5. The molecule has 1 fully saturated rings. The highest BCUT2D eigenvalue weighted by atomic mass is 19.4. The van der Waals surface area contributed by atoms with Crippen LogP contribution in [0.4, 0.5) is 13.2 Å². The van der Waals surface area contributed by atoms with E-state index in [0.29, 0.717) is 30.0 Å². The third-order valence-electron chi connectivity index (χ3n) is 4.76. The Labute approximate surface area is 134 Å². The lowest BCUT2D eigenvalue weighted by Gasteiger charge is -2.38. The molecule has 2 rings (SSSR count). The second-order valence-corrected chi connectivity index (χ2v) is 6.48. The summed E-state index contributed by atoms with van der Waals surface area (Å²) in [4.78, 5) is 12.2. The van der Waals surface area contributed by atoms with Gasteiger partial charge in [0.05, 0.1) is 5.92 Å². The van der Waals surface area contributed by atoms with E-state index in [1.54, 1.807) is 0 Å². The molecule has 1 N–H and O–H groups in total. The molecule has 0 saturated heterocycles. The van der Waals surface area contributed by atoms with E-state index < -0.39 is 23.7 Å². The Morgan fingerprint density at radius 2 is 2.00 bits per heavy atom. The largest absolute Gasteiger partial charge is 0.439 e. The number of hydrogen-bond donors (Lipinski definition) is 1. The molecule has 132 valence electrons. The number of rotatable bonds is 6. The average Bonchev–Trinajstić information content (AvgIpc) is 2.82. The number of amides is 1. The fraction of sp³-hybridized carbons (Fsp3) is 0.875. The third kappa shape index (κ3) is 3.54. The number of carbonyl (C=O) groups excluding carboxylic acids is 1. The van der Waals surface area contributed by atoms with Gasteiger partial charge < -0.3 is 5.11 Å². The van der Waals surface area contributed by atoms with Crippen molar-refractivity contribution in [2.24, 2.45) is 11.0 Å². The maximum Gasteiger partial charge on any atom is 0.439 e. The summed E-state index contributed by atoms with van der Waals surface area (Å²) >= 11 is 0. The zero-order valence-electron chi connectivity index (χ0n) is 13.5. The molecule has 1 aliphatic carbocycles. The molecule has 1 aliphatic heterocycles.